The molecule has 10 heteroatoms. The molecule has 2 aliphatic heterocycles. The molecule has 3 rings (SSSR count). The fourth-order valence-electron chi connectivity index (χ4n) is 4.35. The Labute approximate surface area is 217 Å². The van der Waals surface area contributed by atoms with Gasteiger partial charge >= 0.3 is 11.9 Å². The lowest BCUT2D eigenvalue weighted by molar-refractivity contribution is -0.271. The molecular weight excluding hydrogens is 569 g/mol. The van der Waals surface area contributed by atoms with Crippen LogP contribution in [0.5, 0.6) is 5.75 Å². The van der Waals surface area contributed by atoms with Gasteiger partial charge in [0.1, 0.15) is 31.3 Å². The summed E-state index contributed by atoms with van der Waals surface area (Å²) in [6, 6.07) is 4.89. The number of hydrogen-bond acceptors (Lipinski definition) is 8. The second kappa shape index (κ2) is 11.8. The number of β-lactam (4-membered cyclic amide) rings is 1. The van der Waals surface area contributed by atoms with Crippen LogP contribution >= 0.6 is 22.6 Å². The first kappa shape index (κ1) is 26.9. The average Bonchev–Trinajstić information content (AvgIpc) is 3.10. The highest BCUT2D eigenvalue weighted by Gasteiger charge is 2.61. The van der Waals surface area contributed by atoms with Gasteiger partial charge in [0.25, 0.3) is 0 Å². The van der Waals surface area contributed by atoms with Crippen molar-refractivity contribution < 1.29 is 38.7 Å². The first-order valence-electron chi connectivity index (χ1n) is 11.1. The molecule has 0 bridgehead atoms. The van der Waals surface area contributed by atoms with Crippen LogP contribution in [0.4, 0.5) is 0 Å². The molecule has 2 heterocycles. The van der Waals surface area contributed by atoms with E-state index >= 15 is 0 Å². The van der Waals surface area contributed by atoms with Gasteiger partial charge < -0.3 is 19.5 Å². The summed E-state index contributed by atoms with van der Waals surface area (Å²) in [7, 11) is 0. The summed E-state index contributed by atoms with van der Waals surface area (Å²) in [5.74, 6) is -2.92. The maximum Gasteiger partial charge on any atom is 0.355 e. The Morgan fingerprint density at radius 1 is 1.26 bits per heavy atom. The Balaban J connectivity index is 1.85. The lowest BCUT2D eigenvalue weighted by atomic mass is 9.74. The number of fused-ring (bicyclic) bond motifs is 1. The van der Waals surface area contributed by atoms with Crippen molar-refractivity contribution in [3.8, 4) is 5.75 Å². The van der Waals surface area contributed by atoms with Crippen molar-refractivity contribution in [1.29, 1.82) is 0 Å². The lowest BCUT2D eigenvalue weighted by Crippen LogP contribution is -2.63. The highest BCUT2D eigenvalue weighted by atomic mass is 127. The second-order valence-corrected chi connectivity index (χ2v) is 9.29. The van der Waals surface area contributed by atoms with Crippen LogP contribution in [-0.2, 0) is 35.5 Å². The van der Waals surface area contributed by atoms with Gasteiger partial charge in [-0.15, -0.1) is 6.58 Å². The van der Waals surface area contributed by atoms with Gasteiger partial charge in [0.15, 0.2) is 0 Å². The number of carbonyl (C=O) groups is 3. The number of ether oxygens (including phenoxy) is 2. The first-order valence-corrected chi connectivity index (χ1v) is 12.2. The van der Waals surface area contributed by atoms with Crippen LogP contribution in [-0.4, -0.2) is 53.7 Å². The Kier molecular flexibility index (Phi) is 9.09. The standard InChI is InChI=1S/C25H28INO8/c1-5-10-32-25(31)22-17(13-33-18-9-7-8-16(12-28)20(18)26)14(3)21-19(23(29)27(21)22)15(4)24(30)35-34-11-6-2/h5-9,14-15,19,21,28H,1-2,10-13H2,3-4H3. The largest absolute Gasteiger partial charge is 0.488 e. The fraction of sp³-hybridized carbons (Fsp3) is 0.400. The van der Waals surface area contributed by atoms with Gasteiger partial charge in [-0.3, -0.25) is 9.68 Å². The van der Waals surface area contributed by atoms with Gasteiger partial charge in [-0.1, -0.05) is 44.7 Å². The van der Waals surface area contributed by atoms with E-state index < -0.39 is 29.8 Å². The Morgan fingerprint density at radius 2 is 1.97 bits per heavy atom. The highest BCUT2D eigenvalue weighted by molar-refractivity contribution is 14.1. The molecule has 9 nitrogen and oxygen atoms in total. The molecule has 0 spiro atoms. The van der Waals surface area contributed by atoms with Crippen LogP contribution in [0.25, 0.3) is 0 Å². The highest BCUT2D eigenvalue weighted by Crippen LogP contribution is 2.49. The number of amides is 1. The number of carbonyl (C=O) groups excluding carboxylic acids is 3. The molecule has 35 heavy (non-hydrogen) atoms. The maximum absolute atomic E-state index is 13.1. The number of aliphatic hydroxyl groups is 1. The minimum Gasteiger partial charge on any atom is -0.488 e. The summed E-state index contributed by atoms with van der Waals surface area (Å²) in [5, 5.41) is 9.53. The van der Waals surface area contributed by atoms with Crippen LogP contribution in [0.2, 0.25) is 0 Å². The molecule has 2 aliphatic rings. The molecule has 4 unspecified atom stereocenters. The molecule has 1 aromatic carbocycles. The number of esters is 1. The van der Waals surface area contributed by atoms with Crippen molar-refractivity contribution in [2.24, 2.45) is 17.8 Å². The molecule has 1 N–H and O–H groups in total. The van der Waals surface area contributed by atoms with Crippen molar-refractivity contribution in [3.05, 3.63) is 63.9 Å². The minimum atomic E-state index is -0.788. The third kappa shape index (κ3) is 5.29. The Morgan fingerprint density at radius 3 is 2.63 bits per heavy atom. The maximum atomic E-state index is 13.1. The summed E-state index contributed by atoms with van der Waals surface area (Å²) in [4.78, 5) is 49.4. The summed E-state index contributed by atoms with van der Waals surface area (Å²) in [5.41, 5.74) is 1.43. The van der Waals surface area contributed by atoms with E-state index in [9.17, 15) is 19.5 Å². The van der Waals surface area contributed by atoms with Crippen LogP contribution in [0.1, 0.15) is 19.4 Å². The number of hydrogen-bond donors (Lipinski definition) is 1. The van der Waals surface area contributed by atoms with E-state index in [1.54, 1.807) is 25.1 Å². The number of aliphatic hydroxyl groups excluding tert-OH is 1. The van der Waals surface area contributed by atoms with Gasteiger partial charge in [-0.05, 0) is 34.2 Å². The monoisotopic (exact) mass is 597 g/mol. The first-order chi connectivity index (χ1) is 16.8. The van der Waals surface area contributed by atoms with Crippen molar-refractivity contribution in [3.63, 3.8) is 0 Å². The molecule has 4 atom stereocenters. The zero-order chi connectivity index (χ0) is 25.7. The van der Waals surface area contributed by atoms with Crippen molar-refractivity contribution in [1.82, 2.24) is 4.90 Å². The number of nitrogens with zero attached hydrogens (tertiary/aromatic N) is 1. The molecular formula is C25H28INO8. The van der Waals surface area contributed by atoms with Crippen LogP contribution in [0.15, 0.2) is 54.8 Å². The fourth-order valence-corrected chi connectivity index (χ4v) is 5.04. The topological polar surface area (TPSA) is 112 Å². The molecule has 0 aromatic heterocycles. The third-order valence-corrected chi connectivity index (χ3v) is 7.38. The molecule has 0 aliphatic carbocycles. The molecule has 1 aromatic rings. The predicted octanol–water partition coefficient (Wildman–Crippen LogP) is 2.92. The van der Waals surface area contributed by atoms with E-state index in [0.717, 1.165) is 3.57 Å². The zero-order valence-electron chi connectivity index (χ0n) is 19.6. The van der Waals surface area contributed by atoms with Crippen LogP contribution in [0.3, 0.4) is 0 Å². The number of halogens is 1. The van der Waals surface area contributed by atoms with Crippen molar-refractivity contribution >= 4 is 40.4 Å². The molecule has 188 valence electrons. The summed E-state index contributed by atoms with van der Waals surface area (Å²) < 4.78 is 12.0. The third-order valence-electron chi connectivity index (χ3n) is 6.16. The lowest BCUT2D eigenvalue weighted by Gasteiger charge is -2.47. The van der Waals surface area contributed by atoms with Gasteiger partial charge in [0.05, 0.1) is 28.1 Å². The second-order valence-electron chi connectivity index (χ2n) is 8.21. The molecule has 1 fully saturated rings. The molecule has 0 saturated carbocycles. The van der Waals surface area contributed by atoms with Gasteiger partial charge in [0.2, 0.25) is 5.91 Å². The number of benzene rings is 1. The van der Waals surface area contributed by atoms with Crippen LogP contribution < -0.4 is 4.74 Å². The smallest absolute Gasteiger partial charge is 0.355 e. The normalized spacial score (nSPS) is 21.7. The van der Waals surface area contributed by atoms with E-state index in [1.807, 2.05) is 6.92 Å². The van der Waals surface area contributed by atoms with E-state index in [-0.39, 0.29) is 43.9 Å². The van der Waals surface area contributed by atoms with E-state index in [0.29, 0.717) is 16.9 Å². The quantitative estimate of drug-likeness (QED) is 0.0745. The minimum absolute atomic E-state index is 0.0131. The van der Waals surface area contributed by atoms with Crippen molar-refractivity contribution in [2.45, 2.75) is 26.5 Å². The summed E-state index contributed by atoms with van der Waals surface area (Å²) in [6.45, 7) is 10.4. The molecule has 0 radical (unpaired) electrons. The van der Waals surface area contributed by atoms with E-state index in [4.69, 9.17) is 19.2 Å². The van der Waals surface area contributed by atoms with E-state index in [1.165, 1.54) is 17.1 Å². The SMILES string of the molecule is C=CCOOC(=O)C(C)C1C(=O)N2C(C(=O)OCC=C)=C(COc3cccc(CO)c3I)C(C)C12. The van der Waals surface area contributed by atoms with Gasteiger partial charge in [-0.2, -0.15) is 4.89 Å². The average molecular weight is 597 g/mol. The number of rotatable bonds is 12. The van der Waals surface area contributed by atoms with E-state index in [2.05, 4.69) is 35.7 Å². The van der Waals surface area contributed by atoms with Gasteiger partial charge in [-0.25, -0.2) is 9.59 Å². The summed E-state index contributed by atoms with van der Waals surface area (Å²) >= 11 is 2.09. The molecule has 1 amide bonds. The van der Waals surface area contributed by atoms with Crippen LogP contribution in [0, 0.1) is 21.3 Å². The zero-order valence-corrected chi connectivity index (χ0v) is 21.7. The van der Waals surface area contributed by atoms with Crippen molar-refractivity contribution in [2.75, 3.05) is 19.8 Å². The predicted molar refractivity (Wildman–Crippen MR) is 133 cm³/mol. The molecule has 1 saturated heterocycles. The van der Waals surface area contributed by atoms with Gasteiger partial charge in [0, 0.05) is 11.5 Å². The Bertz CT molecular complexity index is 1050. The summed E-state index contributed by atoms with van der Waals surface area (Å²) in [6.07, 6.45) is 2.87. The Hall–Kier alpha value is -2.70.